The molecule has 4 nitrogen and oxygen atoms in total. The summed E-state index contributed by atoms with van der Waals surface area (Å²) in [6, 6.07) is 7.38. The SMILES string of the molecule is C=C(C)CN1CCN(S(=O)(=O)c2ccc(C(C)CC)cc2)CC1. The number of nitrogens with zero attached hydrogens (tertiary/aromatic N) is 2. The van der Waals surface area contributed by atoms with E-state index in [9.17, 15) is 8.42 Å². The zero-order valence-corrected chi connectivity index (χ0v) is 15.3. The Hall–Kier alpha value is -1.17. The lowest BCUT2D eigenvalue weighted by molar-refractivity contribution is 0.201. The molecule has 0 spiro atoms. The van der Waals surface area contributed by atoms with Gasteiger partial charge in [0, 0.05) is 32.7 Å². The molecule has 1 aromatic carbocycles. The quantitative estimate of drug-likeness (QED) is 0.750. The standard InChI is InChI=1S/C18H28N2O2S/c1-5-16(4)17-6-8-18(9-7-17)23(21,22)20-12-10-19(11-13-20)14-15(2)3/h6-9,16H,2,5,10-14H2,1,3-4H3. The van der Waals surface area contributed by atoms with Crippen LogP contribution in [0, 0.1) is 0 Å². The van der Waals surface area contributed by atoms with E-state index >= 15 is 0 Å². The third-order valence-electron chi connectivity index (χ3n) is 4.52. The molecule has 1 heterocycles. The predicted molar refractivity (Wildman–Crippen MR) is 95.2 cm³/mol. The molecule has 0 saturated carbocycles. The normalized spacial score (nSPS) is 18.7. The predicted octanol–water partition coefficient (Wildman–Crippen LogP) is 3.08. The van der Waals surface area contributed by atoms with Crippen LogP contribution in [0.3, 0.4) is 0 Å². The Morgan fingerprint density at radius 2 is 1.74 bits per heavy atom. The van der Waals surface area contributed by atoms with Gasteiger partial charge in [-0.3, -0.25) is 4.90 Å². The lowest BCUT2D eigenvalue weighted by atomic mass is 9.99. The zero-order chi connectivity index (χ0) is 17.0. The van der Waals surface area contributed by atoms with Gasteiger partial charge in [-0.15, -0.1) is 0 Å². The maximum Gasteiger partial charge on any atom is 0.243 e. The summed E-state index contributed by atoms with van der Waals surface area (Å²) in [4.78, 5) is 2.65. The van der Waals surface area contributed by atoms with E-state index in [-0.39, 0.29) is 0 Å². The number of benzene rings is 1. The third kappa shape index (κ3) is 4.43. The molecule has 0 bridgehead atoms. The van der Waals surface area contributed by atoms with E-state index in [4.69, 9.17) is 0 Å². The summed E-state index contributed by atoms with van der Waals surface area (Å²) in [6.07, 6.45) is 1.05. The molecule has 1 unspecified atom stereocenters. The monoisotopic (exact) mass is 336 g/mol. The second kappa shape index (κ2) is 7.60. The molecule has 2 rings (SSSR count). The smallest absolute Gasteiger partial charge is 0.243 e. The second-order valence-corrected chi connectivity index (χ2v) is 8.45. The molecular formula is C18H28N2O2S. The lowest BCUT2D eigenvalue weighted by Gasteiger charge is -2.34. The number of sulfonamides is 1. The van der Waals surface area contributed by atoms with E-state index < -0.39 is 10.0 Å². The average Bonchev–Trinajstić information content (AvgIpc) is 2.54. The van der Waals surface area contributed by atoms with E-state index in [1.54, 1.807) is 16.4 Å². The van der Waals surface area contributed by atoms with Crippen LogP contribution in [0.5, 0.6) is 0 Å². The topological polar surface area (TPSA) is 40.6 Å². The van der Waals surface area contributed by atoms with E-state index in [1.807, 2.05) is 19.1 Å². The van der Waals surface area contributed by atoms with Gasteiger partial charge in [-0.1, -0.05) is 38.1 Å². The van der Waals surface area contributed by atoms with Crippen LogP contribution in [0.1, 0.15) is 38.7 Å². The maximum absolute atomic E-state index is 12.8. The number of rotatable bonds is 6. The van der Waals surface area contributed by atoms with Crippen LogP contribution in [0.2, 0.25) is 0 Å². The van der Waals surface area contributed by atoms with E-state index in [0.29, 0.717) is 23.9 Å². The molecule has 1 atom stereocenters. The van der Waals surface area contributed by atoms with Crippen molar-refractivity contribution in [3.05, 3.63) is 42.0 Å². The molecule has 0 radical (unpaired) electrons. The molecule has 1 aliphatic rings. The minimum absolute atomic E-state index is 0.401. The highest BCUT2D eigenvalue weighted by atomic mass is 32.2. The van der Waals surface area contributed by atoms with Crippen molar-refractivity contribution in [3.8, 4) is 0 Å². The van der Waals surface area contributed by atoms with Gasteiger partial charge in [0.2, 0.25) is 10.0 Å². The Kier molecular flexibility index (Phi) is 6.00. The highest BCUT2D eigenvalue weighted by Gasteiger charge is 2.28. The van der Waals surface area contributed by atoms with Gasteiger partial charge in [-0.25, -0.2) is 8.42 Å². The van der Waals surface area contributed by atoms with Crippen LogP contribution in [0.4, 0.5) is 0 Å². The molecule has 128 valence electrons. The molecule has 1 fully saturated rings. The van der Waals surface area contributed by atoms with Crippen LogP contribution < -0.4 is 0 Å². The second-order valence-electron chi connectivity index (χ2n) is 6.52. The molecule has 5 heteroatoms. The van der Waals surface area contributed by atoms with Crippen molar-refractivity contribution >= 4 is 10.0 Å². The van der Waals surface area contributed by atoms with Gasteiger partial charge in [0.05, 0.1) is 4.90 Å². The van der Waals surface area contributed by atoms with Gasteiger partial charge >= 0.3 is 0 Å². The molecule has 1 aromatic rings. The van der Waals surface area contributed by atoms with Crippen molar-refractivity contribution in [2.24, 2.45) is 0 Å². The number of piperazine rings is 1. The van der Waals surface area contributed by atoms with Gasteiger partial charge in [-0.05, 0) is 37.0 Å². The molecule has 23 heavy (non-hydrogen) atoms. The fourth-order valence-corrected chi connectivity index (χ4v) is 4.28. The molecule has 1 saturated heterocycles. The van der Waals surface area contributed by atoms with Gasteiger partial charge in [0.25, 0.3) is 0 Å². The Morgan fingerprint density at radius 1 is 1.17 bits per heavy atom. The fourth-order valence-electron chi connectivity index (χ4n) is 2.86. The number of hydrogen-bond acceptors (Lipinski definition) is 3. The summed E-state index contributed by atoms with van der Waals surface area (Å²) in [6.45, 7) is 13.7. The Bertz CT molecular complexity index is 629. The average molecular weight is 337 g/mol. The van der Waals surface area contributed by atoms with Crippen molar-refractivity contribution in [2.75, 3.05) is 32.7 Å². The van der Waals surface area contributed by atoms with Crippen molar-refractivity contribution in [1.82, 2.24) is 9.21 Å². The van der Waals surface area contributed by atoms with Crippen LogP contribution in [-0.4, -0.2) is 50.3 Å². The summed E-state index contributed by atoms with van der Waals surface area (Å²) >= 11 is 0. The minimum Gasteiger partial charge on any atom is -0.297 e. The first-order valence-corrected chi connectivity index (χ1v) is 9.75. The van der Waals surface area contributed by atoms with Gasteiger partial charge < -0.3 is 0 Å². The van der Waals surface area contributed by atoms with Crippen LogP contribution in [0.15, 0.2) is 41.3 Å². The van der Waals surface area contributed by atoms with E-state index in [0.717, 1.165) is 31.6 Å². The molecule has 0 aromatic heterocycles. The molecule has 0 amide bonds. The van der Waals surface area contributed by atoms with Crippen molar-refractivity contribution in [1.29, 1.82) is 0 Å². The Balaban J connectivity index is 2.06. The molecule has 0 N–H and O–H groups in total. The first kappa shape index (κ1) is 18.2. The lowest BCUT2D eigenvalue weighted by Crippen LogP contribution is -2.48. The third-order valence-corrected chi connectivity index (χ3v) is 6.44. The summed E-state index contributed by atoms with van der Waals surface area (Å²) in [5.74, 6) is 0.456. The first-order chi connectivity index (χ1) is 10.8. The van der Waals surface area contributed by atoms with Gasteiger partial charge in [0.1, 0.15) is 0 Å². The largest absolute Gasteiger partial charge is 0.297 e. The Morgan fingerprint density at radius 3 is 2.22 bits per heavy atom. The van der Waals surface area contributed by atoms with Crippen molar-refractivity contribution < 1.29 is 8.42 Å². The first-order valence-electron chi connectivity index (χ1n) is 8.31. The van der Waals surface area contributed by atoms with Gasteiger partial charge in [-0.2, -0.15) is 4.31 Å². The highest BCUT2D eigenvalue weighted by molar-refractivity contribution is 7.89. The van der Waals surface area contributed by atoms with Crippen LogP contribution in [-0.2, 0) is 10.0 Å². The molecular weight excluding hydrogens is 308 g/mol. The van der Waals surface area contributed by atoms with E-state index in [2.05, 4.69) is 25.3 Å². The minimum atomic E-state index is -3.38. The zero-order valence-electron chi connectivity index (χ0n) is 14.5. The van der Waals surface area contributed by atoms with Gasteiger partial charge in [0.15, 0.2) is 0 Å². The van der Waals surface area contributed by atoms with Crippen molar-refractivity contribution in [3.63, 3.8) is 0 Å². The van der Waals surface area contributed by atoms with Crippen LogP contribution >= 0.6 is 0 Å². The maximum atomic E-state index is 12.8. The van der Waals surface area contributed by atoms with E-state index in [1.165, 1.54) is 5.56 Å². The van der Waals surface area contributed by atoms with Crippen LogP contribution in [0.25, 0.3) is 0 Å². The summed E-state index contributed by atoms with van der Waals surface area (Å²) in [7, 11) is -3.38. The Labute approximate surface area is 140 Å². The fraction of sp³-hybridized carbons (Fsp3) is 0.556. The highest BCUT2D eigenvalue weighted by Crippen LogP contribution is 2.23. The summed E-state index contributed by atoms with van der Waals surface area (Å²) in [5.41, 5.74) is 2.31. The summed E-state index contributed by atoms with van der Waals surface area (Å²) in [5, 5.41) is 0. The molecule has 0 aliphatic carbocycles. The molecule has 1 aliphatic heterocycles. The number of hydrogen-bond donors (Lipinski definition) is 0. The summed E-state index contributed by atoms with van der Waals surface area (Å²) < 4.78 is 27.1. The van der Waals surface area contributed by atoms with Crippen molar-refractivity contribution in [2.45, 2.75) is 38.0 Å².